The second kappa shape index (κ2) is 12.5. The molecule has 1 atom stereocenters. The van der Waals surface area contributed by atoms with Gasteiger partial charge in [-0.1, -0.05) is 5.16 Å². The van der Waals surface area contributed by atoms with Crippen molar-refractivity contribution in [2.75, 3.05) is 13.7 Å². The zero-order valence-corrected chi connectivity index (χ0v) is 23.3. The van der Waals surface area contributed by atoms with E-state index in [4.69, 9.17) is 19.0 Å². The number of halogens is 2. The molecule has 12 heteroatoms. The molecule has 0 aliphatic carbocycles. The molecule has 0 aliphatic rings. The van der Waals surface area contributed by atoms with E-state index in [1.165, 1.54) is 32.4 Å². The third-order valence-electron chi connectivity index (χ3n) is 4.10. The van der Waals surface area contributed by atoms with Gasteiger partial charge in [-0.05, 0) is 89.4 Å². The lowest BCUT2D eigenvalue weighted by atomic mass is 10.2. The van der Waals surface area contributed by atoms with E-state index in [-0.39, 0.29) is 23.3 Å². The third-order valence-corrected chi connectivity index (χ3v) is 6.95. The monoisotopic (exact) mass is 620 g/mol. The Morgan fingerprint density at radius 2 is 1.79 bits per heavy atom. The zero-order chi connectivity index (χ0) is 25.5. The largest absolute Gasteiger partial charge is 0.495 e. The summed E-state index contributed by atoms with van der Waals surface area (Å²) in [5.74, 6) is 0.403. The first-order valence-corrected chi connectivity index (χ1v) is 13.3. The van der Waals surface area contributed by atoms with Crippen molar-refractivity contribution in [2.24, 2.45) is 5.16 Å². The van der Waals surface area contributed by atoms with Gasteiger partial charge in [-0.2, -0.15) is 0 Å². The van der Waals surface area contributed by atoms with Gasteiger partial charge in [-0.25, -0.2) is 17.9 Å². The number of sulfonamides is 1. The molecule has 0 fully saturated rings. The predicted octanol–water partition coefficient (Wildman–Crippen LogP) is 5.00. The number of methoxy groups -OCH3 is 1. The highest BCUT2D eigenvalue weighted by atomic mass is 79.9. The van der Waals surface area contributed by atoms with Crippen LogP contribution in [-0.2, 0) is 24.4 Å². The number of ether oxygens (including phenoxy) is 3. The van der Waals surface area contributed by atoms with Crippen LogP contribution in [-0.4, -0.2) is 46.5 Å². The standard InChI is InChI=1S/C22H26Br2N2O7S/c1-6-31-22(27)14(4)33-25-12-15-9-17(23)21(18(24)10-15)32-16-7-8-19(30-5)20(11-16)34(28,29)26-13(2)3/h7-14,26H,6H2,1-5H3/b25-12-. The van der Waals surface area contributed by atoms with Crippen LogP contribution in [0.15, 0.2) is 49.3 Å². The van der Waals surface area contributed by atoms with Gasteiger partial charge in [0.2, 0.25) is 16.1 Å². The summed E-state index contributed by atoms with van der Waals surface area (Å²) in [6.45, 7) is 6.96. The third kappa shape index (κ3) is 7.69. The van der Waals surface area contributed by atoms with E-state index in [1.807, 2.05) is 0 Å². The molecule has 2 aromatic carbocycles. The van der Waals surface area contributed by atoms with Crippen LogP contribution < -0.4 is 14.2 Å². The highest BCUT2D eigenvalue weighted by Gasteiger charge is 2.22. The number of hydrogen-bond donors (Lipinski definition) is 1. The van der Waals surface area contributed by atoms with Crippen molar-refractivity contribution >= 4 is 54.1 Å². The lowest BCUT2D eigenvalue weighted by molar-refractivity contribution is -0.155. The molecule has 1 unspecified atom stereocenters. The Morgan fingerprint density at radius 1 is 1.15 bits per heavy atom. The minimum absolute atomic E-state index is 0.0370. The second-order valence-corrected chi connectivity index (χ2v) is 10.6. The first-order chi connectivity index (χ1) is 16.0. The molecule has 2 aromatic rings. The molecule has 34 heavy (non-hydrogen) atoms. The second-order valence-electron chi connectivity index (χ2n) is 7.24. The van der Waals surface area contributed by atoms with Gasteiger partial charge in [0.05, 0.1) is 28.9 Å². The summed E-state index contributed by atoms with van der Waals surface area (Å²) in [5.41, 5.74) is 0.654. The van der Waals surface area contributed by atoms with E-state index >= 15 is 0 Å². The molecule has 0 saturated heterocycles. The molecule has 0 saturated carbocycles. The molecule has 0 spiro atoms. The van der Waals surface area contributed by atoms with Crippen molar-refractivity contribution < 1.29 is 32.3 Å². The zero-order valence-electron chi connectivity index (χ0n) is 19.3. The lowest BCUT2D eigenvalue weighted by Crippen LogP contribution is -2.30. The molecule has 0 aliphatic heterocycles. The summed E-state index contributed by atoms with van der Waals surface area (Å²) in [5, 5.41) is 3.83. The fourth-order valence-electron chi connectivity index (χ4n) is 2.66. The molecule has 1 N–H and O–H groups in total. The van der Waals surface area contributed by atoms with Crippen LogP contribution in [0.1, 0.15) is 33.3 Å². The molecule has 9 nitrogen and oxygen atoms in total. The van der Waals surface area contributed by atoms with Gasteiger partial charge in [0.15, 0.2) is 5.75 Å². The minimum Gasteiger partial charge on any atom is -0.495 e. The summed E-state index contributed by atoms with van der Waals surface area (Å²) in [6, 6.07) is 7.68. The maximum absolute atomic E-state index is 12.7. The van der Waals surface area contributed by atoms with Gasteiger partial charge >= 0.3 is 5.97 Å². The first-order valence-electron chi connectivity index (χ1n) is 10.2. The molecule has 2 rings (SSSR count). The van der Waals surface area contributed by atoms with Crippen molar-refractivity contribution in [3.8, 4) is 17.2 Å². The Balaban J connectivity index is 2.26. The summed E-state index contributed by atoms with van der Waals surface area (Å²) in [4.78, 5) is 16.7. The van der Waals surface area contributed by atoms with Crippen LogP contribution >= 0.6 is 31.9 Å². The van der Waals surface area contributed by atoms with Crippen LogP contribution in [0.2, 0.25) is 0 Å². The number of hydrogen-bond acceptors (Lipinski definition) is 8. The number of benzene rings is 2. The van der Waals surface area contributed by atoms with Gasteiger partial charge in [0.25, 0.3) is 0 Å². The molecule has 0 radical (unpaired) electrons. The molecule has 0 amide bonds. The Morgan fingerprint density at radius 3 is 2.35 bits per heavy atom. The summed E-state index contributed by atoms with van der Waals surface area (Å²) >= 11 is 6.90. The smallest absolute Gasteiger partial charge is 0.349 e. The van der Waals surface area contributed by atoms with Crippen LogP contribution in [0.4, 0.5) is 0 Å². The predicted molar refractivity (Wildman–Crippen MR) is 135 cm³/mol. The van der Waals surface area contributed by atoms with E-state index < -0.39 is 22.1 Å². The van der Waals surface area contributed by atoms with Crippen LogP contribution in [0.3, 0.4) is 0 Å². The SMILES string of the molecule is CCOC(=O)C(C)O/N=C\c1cc(Br)c(Oc2ccc(OC)c(S(=O)(=O)NC(C)C)c2)c(Br)c1. The van der Waals surface area contributed by atoms with Crippen molar-refractivity contribution in [3.63, 3.8) is 0 Å². The van der Waals surface area contributed by atoms with Gasteiger partial charge < -0.3 is 19.0 Å². The van der Waals surface area contributed by atoms with Crippen LogP contribution in [0, 0.1) is 0 Å². The first kappa shape index (κ1) is 28.1. The molecule has 0 bridgehead atoms. The van der Waals surface area contributed by atoms with E-state index in [0.29, 0.717) is 26.0 Å². The van der Waals surface area contributed by atoms with E-state index in [9.17, 15) is 13.2 Å². The average Bonchev–Trinajstić information content (AvgIpc) is 2.75. The highest BCUT2D eigenvalue weighted by Crippen LogP contribution is 2.39. The lowest BCUT2D eigenvalue weighted by Gasteiger charge is -2.15. The van der Waals surface area contributed by atoms with Gasteiger partial charge in [-0.15, -0.1) is 0 Å². The van der Waals surface area contributed by atoms with E-state index in [2.05, 4.69) is 41.7 Å². The van der Waals surface area contributed by atoms with Crippen molar-refractivity contribution in [3.05, 3.63) is 44.8 Å². The normalized spacial score (nSPS) is 12.6. The van der Waals surface area contributed by atoms with Gasteiger partial charge in [0, 0.05) is 12.1 Å². The molecule has 0 aromatic heterocycles. The topological polar surface area (TPSA) is 113 Å². The number of nitrogens with zero attached hydrogens (tertiary/aromatic N) is 1. The molecular weight excluding hydrogens is 596 g/mol. The maximum atomic E-state index is 12.7. The Kier molecular flexibility index (Phi) is 10.3. The summed E-state index contributed by atoms with van der Waals surface area (Å²) in [7, 11) is -2.42. The van der Waals surface area contributed by atoms with Crippen molar-refractivity contribution in [2.45, 2.75) is 44.7 Å². The fourth-order valence-corrected chi connectivity index (χ4v) is 5.48. The Bertz CT molecular complexity index is 1130. The van der Waals surface area contributed by atoms with Crippen molar-refractivity contribution in [1.82, 2.24) is 4.72 Å². The number of carbonyl (C=O) groups excluding carboxylic acids is 1. The fraction of sp³-hybridized carbons (Fsp3) is 0.364. The average molecular weight is 622 g/mol. The minimum atomic E-state index is -3.81. The van der Waals surface area contributed by atoms with Crippen molar-refractivity contribution in [1.29, 1.82) is 0 Å². The number of oxime groups is 1. The Labute approximate surface area is 216 Å². The summed E-state index contributed by atoms with van der Waals surface area (Å²) < 4.78 is 45.1. The number of esters is 1. The molecule has 0 heterocycles. The maximum Gasteiger partial charge on any atom is 0.349 e. The van der Waals surface area contributed by atoms with Gasteiger partial charge in [-0.3, -0.25) is 0 Å². The number of rotatable bonds is 11. The van der Waals surface area contributed by atoms with Crippen LogP contribution in [0.5, 0.6) is 17.2 Å². The quantitative estimate of drug-likeness (QED) is 0.213. The van der Waals surface area contributed by atoms with E-state index in [1.54, 1.807) is 39.0 Å². The summed E-state index contributed by atoms with van der Waals surface area (Å²) in [6.07, 6.45) is 0.599. The highest BCUT2D eigenvalue weighted by molar-refractivity contribution is 9.11. The van der Waals surface area contributed by atoms with Crippen LogP contribution in [0.25, 0.3) is 0 Å². The van der Waals surface area contributed by atoms with Gasteiger partial charge in [0.1, 0.15) is 16.4 Å². The number of nitrogens with one attached hydrogen (secondary N) is 1. The molecule has 186 valence electrons. The molecular formula is C22H26Br2N2O7S. The Hall–Kier alpha value is -2.15. The van der Waals surface area contributed by atoms with E-state index in [0.717, 1.165) is 0 Å². The number of carbonyl (C=O) groups is 1.